The standard InChI is InChI=1S/C15H14NO5P/c1-8-3-12(17)7-13(18)16(8)11-5-9(14(19)21-2)4-10(6-11)15(20)22/h3-7,17H,22H2,1-2H3. The number of benzene rings is 1. The van der Waals surface area contributed by atoms with Crippen LogP contribution in [0.3, 0.4) is 0 Å². The fraction of sp³-hybridized carbons (Fsp3) is 0.133. The highest BCUT2D eigenvalue weighted by atomic mass is 31.0. The minimum absolute atomic E-state index is 0.148. The van der Waals surface area contributed by atoms with Gasteiger partial charge in [-0.2, -0.15) is 0 Å². The van der Waals surface area contributed by atoms with Gasteiger partial charge in [0.2, 0.25) is 0 Å². The molecule has 0 saturated carbocycles. The monoisotopic (exact) mass is 319 g/mol. The van der Waals surface area contributed by atoms with E-state index in [2.05, 4.69) is 4.74 Å². The van der Waals surface area contributed by atoms with Crippen molar-refractivity contribution in [2.45, 2.75) is 6.92 Å². The minimum atomic E-state index is -0.612. The third-order valence-corrected chi connectivity index (χ3v) is 3.42. The van der Waals surface area contributed by atoms with Crippen LogP contribution in [0.15, 0.2) is 35.1 Å². The zero-order valence-corrected chi connectivity index (χ0v) is 13.1. The quantitative estimate of drug-likeness (QED) is 0.687. The number of aromatic nitrogens is 1. The van der Waals surface area contributed by atoms with E-state index in [4.69, 9.17) is 0 Å². The number of hydrogen-bond acceptors (Lipinski definition) is 5. The lowest BCUT2D eigenvalue weighted by molar-refractivity contribution is 0.0600. The molecule has 0 amide bonds. The van der Waals surface area contributed by atoms with Crippen LogP contribution in [-0.2, 0) is 4.74 Å². The summed E-state index contributed by atoms with van der Waals surface area (Å²) in [6.45, 7) is 1.63. The van der Waals surface area contributed by atoms with Gasteiger partial charge in [-0.1, -0.05) is 9.24 Å². The zero-order chi connectivity index (χ0) is 16.4. The van der Waals surface area contributed by atoms with Gasteiger partial charge in [-0.05, 0) is 31.2 Å². The van der Waals surface area contributed by atoms with Gasteiger partial charge < -0.3 is 9.84 Å². The summed E-state index contributed by atoms with van der Waals surface area (Å²) in [5, 5.41) is 9.44. The van der Waals surface area contributed by atoms with E-state index in [1.54, 1.807) is 6.92 Å². The lowest BCUT2D eigenvalue weighted by Gasteiger charge is -2.12. The summed E-state index contributed by atoms with van der Waals surface area (Å²) in [6, 6.07) is 6.81. The van der Waals surface area contributed by atoms with Crippen LogP contribution in [0.1, 0.15) is 26.4 Å². The van der Waals surface area contributed by atoms with Crippen LogP contribution in [0, 0.1) is 6.92 Å². The van der Waals surface area contributed by atoms with Crippen LogP contribution in [-0.4, -0.2) is 28.3 Å². The topological polar surface area (TPSA) is 85.6 Å². The maximum Gasteiger partial charge on any atom is 0.337 e. The highest BCUT2D eigenvalue weighted by Crippen LogP contribution is 2.19. The maximum absolute atomic E-state index is 12.1. The fourth-order valence-electron chi connectivity index (χ4n) is 2.13. The Labute approximate surface area is 128 Å². The number of aryl methyl sites for hydroxylation is 1. The molecule has 1 N–H and O–H groups in total. The largest absolute Gasteiger partial charge is 0.508 e. The Balaban J connectivity index is 2.75. The molecule has 1 unspecified atom stereocenters. The Morgan fingerprint density at radius 1 is 1.14 bits per heavy atom. The second-order valence-corrected chi connectivity index (χ2v) is 5.18. The van der Waals surface area contributed by atoms with Crippen molar-refractivity contribution in [1.29, 1.82) is 0 Å². The van der Waals surface area contributed by atoms with Gasteiger partial charge >= 0.3 is 5.97 Å². The zero-order valence-electron chi connectivity index (χ0n) is 12.0. The van der Waals surface area contributed by atoms with Crippen LogP contribution in [0.4, 0.5) is 0 Å². The predicted octanol–water partition coefficient (Wildman–Crippen LogP) is 1.65. The first-order valence-electron chi connectivity index (χ1n) is 6.29. The lowest BCUT2D eigenvalue weighted by atomic mass is 10.1. The second kappa shape index (κ2) is 6.12. The van der Waals surface area contributed by atoms with Gasteiger partial charge in [0.25, 0.3) is 5.56 Å². The van der Waals surface area contributed by atoms with Crippen molar-refractivity contribution >= 4 is 20.7 Å². The van der Waals surface area contributed by atoms with Gasteiger partial charge in [-0.25, -0.2) is 4.79 Å². The number of methoxy groups -OCH3 is 1. The Kier molecular flexibility index (Phi) is 4.43. The summed E-state index contributed by atoms with van der Waals surface area (Å²) in [6.07, 6.45) is 0. The van der Waals surface area contributed by atoms with Crippen molar-refractivity contribution in [3.05, 3.63) is 57.5 Å². The van der Waals surface area contributed by atoms with Gasteiger partial charge in [0, 0.05) is 17.3 Å². The first-order chi connectivity index (χ1) is 10.3. The number of nitrogens with zero attached hydrogens (tertiary/aromatic N) is 1. The lowest BCUT2D eigenvalue weighted by Crippen LogP contribution is -2.20. The van der Waals surface area contributed by atoms with Crippen molar-refractivity contribution in [2.24, 2.45) is 0 Å². The van der Waals surface area contributed by atoms with Crippen molar-refractivity contribution in [2.75, 3.05) is 7.11 Å². The first-order valence-corrected chi connectivity index (χ1v) is 6.87. The molecule has 0 saturated heterocycles. The van der Waals surface area contributed by atoms with E-state index in [1.165, 1.54) is 35.9 Å². The molecule has 2 aromatic rings. The van der Waals surface area contributed by atoms with E-state index in [9.17, 15) is 19.5 Å². The normalized spacial score (nSPS) is 10.3. The Hall–Kier alpha value is -2.46. The van der Waals surface area contributed by atoms with Crippen LogP contribution in [0.25, 0.3) is 5.69 Å². The number of esters is 1. The Morgan fingerprint density at radius 2 is 1.77 bits per heavy atom. The van der Waals surface area contributed by atoms with Crippen LogP contribution in [0.5, 0.6) is 5.75 Å². The number of carbonyl (C=O) groups is 2. The van der Waals surface area contributed by atoms with Gasteiger partial charge in [0.05, 0.1) is 18.4 Å². The molecule has 6 nitrogen and oxygen atoms in total. The number of aromatic hydroxyl groups is 1. The average Bonchev–Trinajstić information content (AvgIpc) is 2.44. The van der Waals surface area contributed by atoms with E-state index < -0.39 is 11.5 Å². The molecule has 1 aromatic carbocycles. The number of pyridine rings is 1. The molecule has 0 bridgehead atoms. The molecule has 0 aliphatic carbocycles. The fourth-order valence-corrected chi connectivity index (χ4v) is 2.30. The summed E-state index contributed by atoms with van der Waals surface area (Å²) in [4.78, 5) is 35.4. The van der Waals surface area contributed by atoms with E-state index in [1.807, 2.05) is 9.24 Å². The number of carbonyl (C=O) groups excluding carboxylic acids is 2. The molecule has 1 heterocycles. The molecule has 1 atom stereocenters. The summed E-state index contributed by atoms with van der Waals surface area (Å²) < 4.78 is 5.95. The predicted molar refractivity (Wildman–Crippen MR) is 83.8 cm³/mol. The van der Waals surface area contributed by atoms with Crippen molar-refractivity contribution in [1.82, 2.24) is 4.57 Å². The van der Waals surface area contributed by atoms with E-state index >= 15 is 0 Å². The maximum atomic E-state index is 12.1. The van der Waals surface area contributed by atoms with Crippen molar-refractivity contribution in [3.63, 3.8) is 0 Å². The molecule has 0 radical (unpaired) electrons. The number of hydrogen-bond donors (Lipinski definition) is 1. The van der Waals surface area contributed by atoms with Crippen molar-refractivity contribution in [3.8, 4) is 11.4 Å². The molecular formula is C15H14NO5P. The molecule has 1 aromatic heterocycles. The molecule has 2 rings (SSSR count). The highest BCUT2D eigenvalue weighted by molar-refractivity contribution is 7.41. The van der Waals surface area contributed by atoms with Crippen LogP contribution >= 0.6 is 9.24 Å². The SMILES string of the molecule is COC(=O)c1cc(C(=O)P)cc(-n2c(C)cc(O)cc2=O)c1. The molecule has 0 spiro atoms. The van der Waals surface area contributed by atoms with Gasteiger partial charge in [-0.3, -0.25) is 14.2 Å². The van der Waals surface area contributed by atoms with Crippen LogP contribution in [0.2, 0.25) is 0 Å². The third kappa shape index (κ3) is 3.07. The number of ether oxygens (including phenoxy) is 1. The summed E-state index contributed by atoms with van der Waals surface area (Å²) in [5.41, 5.74) is 0.427. The number of rotatable bonds is 3. The molecule has 22 heavy (non-hydrogen) atoms. The molecule has 0 aliphatic rings. The van der Waals surface area contributed by atoms with Gasteiger partial charge in [0.15, 0.2) is 5.52 Å². The highest BCUT2D eigenvalue weighted by Gasteiger charge is 2.14. The molecular weight excluding hydrogens is 305 g/mol. The van der Waals surface area contributed by atoms with E-state index in [0.717, 1.165) is 6.07 Å². The summed E-state index contributed by atoms with van der Waals surface area (Å²) >= 11 is 0. The van der Waals surface area contributed by atoms with E-state index in [-0.39, 0.29) is 22.4 Å². The molecule has 0 fully saturated rings. The van der Waals surface area contributed by atoms with Crippen LogP contribution < -0.4 is 5.56 Å². The molecule has 7 heteroatoms. The van der Waals surface area contributed by atoms with Crippen molar-refractivity contribution < 1.29 is 19.4 Å². The second-order valence-electron chi connectivity index (χ2n) is 4.65. The minimum Gasteiger partial charge on any atom is -0.508 e. The van der Waals surface area contributed by atoms with Gasteiger partial charge in [-0.15, -0.1) is 0 Å². The van der Waals surface area contributed by atoms with Gasteiger partial charge in [0.1, 0.15) is 5.75 Å². The average molecular weight is 319 g/mol. The Bertz CT molecular complexity index is 825. The smallest absolute Gasteiger partial charge is 0.337 e. The molecule has 114 valence electrons. The molecule has 0 aliphatic heterocycles. The summed E-state index contributed by atoms with van der Waals surface area (Å²) in [7, 11) is 3.25. The third-order valence-electron chi connectivity index (χ3n) is 3.08. The summed E-state index contributed by atoms with van der Waals surface area (Å²) in [5.74, 6) is -0.760. The van der Waals surface area contributed by atoms with E-state index in [0.29, 0.717) is 11.4 Å². The first kappa shape index (κ1) is 15.9. The Morgan fingerprint density at radius 3 is 2.32 bits per heavy atom.